The van der Waals surface area contributed by atoms with Crippen molar-refractivity contribution in [1.29, 1.82) is 0 Å². The second kappa shape index (κ2) is 4.54. The number of carbonyl (C=O) groups is 3. The molecule has 2 rings (SSSR count). The van der Waals surface area contributed by atoms with E-state index in [0.29, 0.717) is 10.6 Å². The smallest absolute Gasteiger partial charge is 0.268 e. The largest absolute Gasteiger partial charge is 0.495 e. The van der Waals surface area contributed by atoms with Crippen molar-refractivity contribution < 1.29 is 19.1 Å². The summed E-state index contributed by atoms with van der Waals surface area (Å²) in [5.41, 5.74) is 0. The lowest BCUT2D eigenvalue weighted by atomic mass is 10.3. The van der Waals surface area contributed by atoms with Gasteiger partial charge in [0.05, 0.1) is 7.11 Å². The van der Waals surface area contributed by atoms with E-state index < -0.39 is 11.8 Å². The zero-order chi connectivity index (χ0) is 12.4. The number of nitrogens with one attached hydrogen (secondary N) is 1. The van der Waals surface area contributed by atoms with Gasteiger partial charge >= 0.3 is 0 Å². The Hall–Kier alpha value is -1.89. The quantitative estimate of drug-likeness (QED) is 0.745. The molecule has 90 valence electrons. The zero-order valence-corrected chi connectivity index (χ0v) is 9.87. The SMILES string of the molecule is COc1ccsc1C(=O)N1CC(=O)NC(=O)C1. The van der Waals surface area contributed by atoms with Gasteiger partial charge in [0.2, 0.25) is 11.8 Å². The van der Waals surface area contributed by atoms with Crippen LogP contribution in [-0.2, 0) is 9.59 Å². The maximum atomic E-state index is 12.1. The first-order valence-electron chi connectivity index (χ1n) is 4.85. The summed E-state index contributed by atoms with van der Waals surface area (Å²) < 4.78 is 5.03. The van der Waals surface area contributed by atoms with Gasteiger partial charge in [-0.15, -0.1) is 11.3 Å². The molecule has 6 nitrogen and oxygen atoms in total. The van der Waals surface area contributed by atoms with Crippen LogP contribution in [0, 0.1) is 0 Å². The zero-order valence-electron chi connectivity index (χ0n) is 9.06. The first-order valence-corrected chi connectivity index (χ1v) is 5.73. The molecule has 1 aliphatic heterocycles. The Morgan fingerprint density at radius 3 is 2.65 bits per heavy atom. The van der Waals surface area contributed by atoms with E-state index in [1.165, 1.54) is 23.3 Å². The van der Waals surface area contributed by atoms with Crippen LogP contribution in [0.15, 0.2) is 11.4 Å². The predicted molar refractivity (Wildman–Crippen MR) is 59.9 cm³/mol. The van der Waals surface area contributed by atoms with Crippen LogP contribution in [0.3, 0.4) is 0 Å². The van der Waals surface area contributed by atoms with Crippen LogP contribution < -0.4 is 10.1 Å². The molecule has 0 unspecified atom stereocenters. The molecule has 0 aromatic carbocycles. The first kappa shape index (κ1) is 11.6. The Morgan fingerprint density at radius 2 is 2.06 bits per heavy atom. The van der Waals surface area contributed by atoms with Gasteiger partial charge in [0.15, 0.2) is 0 Å². The number of piperazine rings is 1. The van der Waals surface area contributed by atoms with Crippen LogP contribution in [0.5, 0.6) is 5.75 Å². The number of hydrogen-bond acceptors (Lipinski definition) is 5. The van der Waals surface area contributed by atoms with Crippen LogP contribution in [0.1, 0.15) is 9.67 Å². The third kappa shape index (κ3) is 2.28. The van der Waals surface area contributed by atoms with Gasteiger partial charge < -0.3 is 9.64 Å². The Morgan fingerprint density at radius 1 is 1.41 bits per heavy atom. The molecular weight excluding hydrogens is 244 g/mol. The predicted octanol–water partition coefficient (Wildman–Crippen LogP) is -0.145. The van der Waals surface area contributed by atoms with Crippen molar-refractivity contribution in [1.82, 2.24) is 10.2 Å². The van der Waals surface area contributed by atoms with Crippen molar-refractivity contribution in [2.45, 2.75) is 0 Å². The number of thiophene rings is 1. The molecule has 0 saturated carbocycles. The number of imide groups is 1. The van der Waals surface area contributed by atoms with Gasteiger partial charge in [0, 0.05) is 0 Å². The number of nitrogens with zero attached hydrogens (tertiary/aromatic N) is 1. The summed E-state index contributed by atoms with van der Waals surface area (Å²) in [5.74, 6) is -0.839. The highest BCUT2D eigenvalue weighted by molar-refractivity contribution is 7.12. The molecule has 1 N–H and O–H groups in total. The lowest BCUT2D eigenvalue weighted by molar-refractivity contribution is -0.135. The number of carbonyl (C=O) groups excluding carboxylic acids is 3. The molecule has 1 aromatic rings. The third-order valence-electron chi connectivity index (χ3n) is 2.28. The van der Waals surface area contributed by atoms with Gasteiger partial charge in [-0.1, -0.05) is 0 Å². The van der Waals surface area contributed by atoms with Crippen LogP contribution in [-0.4, -0.2) is 42.8 Å². The molecule has 7 heteroatoms. The van der Waals surface area contributed by atoms with E-state index >= 15 is 0 Å². The molecule has 3 amide bonds. The topological polar surface area (TPSA) is 75.7 Å². The molecule has 0 bridgehead atoms. The standard InChI is InChI=1S/C10H10N2O4S/c1-16-6-2-3-17-9(6)10(15)12-4-7(13)11-8(14)5-12/h2-3H,4-5H2,1H3,(H,11,13,14). The molecule has 1 aromatic heterocycles. The Bertz CT molecular complexity index is 466. The van der Waals surface area contributed by atoms with E-state index in [0.717, 1.165) is 0 Å². The van der Waals surface area contributed by atoms with Gasteiger partial charge in [0.1, 0.15) is 23.7 Å². The normalized spacial score (nSPS) is 15.7. The molecule has 1 fully saturated rings. The van der Waals surface area contributed by atoms with Gasteiger partial charge in [-0.05, 0) is 11.4 Å². The number of methoxy groups -OCH3 is 1. The average molecular weight is 254 g/mol. The number of amides is 3. The molecule has 0 spiro atoms. The highest BCUT2D eigenvalue weighted by atomic mass is 32.1. The summed E-state index contributed by atoms with van der Waals surface area (Å²) in [4.78, 5) is 36.0. The van der Waals surface area contributed by atoms with Crippen molar-refractivity contribution in [3.8, 4) is 5.75 Å². The van der Waals surface area contributed by atoms with Crippen molar-refractivity contribution in [2.75, 3.05) is 20.2 Å². The lowest BCUT2D eigenvalue weighted by Crippen LogP contribution is -2.53. The maximum Gasteiger partial charge on any atom is 0.268 e. The van der Waals surface area contributed by atoms with Crippen molar-refractivity contribution in [3.63, 3.8) is 0 Å². The van der Waals surface area contributed by atoms with E-state index in [2.05, 4.69) is 5.32 Å². The highest BCUT2D eigenvalue weighted by Crippen LogP contribution is 2.26. The van der Waals surface area contributed by atoms with Gasteiger partial charge in [0.25, 0.3) is 5.91 Å². The molecule has 1 saturated heterocycles. The summed E-state index contributed by atoms with van der Waals surface area (Å²) in [5, 5.41) is 3.86. The van der Waals surface area contributed by atoms with Crippen LogP contribution in [0.25, 0.3) is 0 Å². The molecule has 2 heterocycles. The van der Waals surface area contributed by atoms with Gasteiger partial charge in [-0.25, -0.2) is 0 Å². The first-order chi connectivity index (χ1) is 8.11. The van der Waals surface area contributed by atoms with E-state index in [4.69, 9.17) is 4.74 Å². The van der Waals surface area contributed by atoms with E-state index in [1.54, 1.807) is 11.4 Å². The van der Waals surface area contributed by atoms with Gasteiger partial charge in [-0.3, -0.25) is 19.7 Å². The monoisotopic (exact) mass is 254 g/mol. The molecule has 17 heavy (non-hydrogen) atoms. The Labute approximate surface area is 101 Å². The van der Waals surface area contributed by atoms with Crippen LogP contribution in [0.4, 0.5) is 0 Å². The van der Waals surface area contributed by atoms with Crippen molar-refractivity contribution in [2.24, 2.45) is 0 Å². The second-order valence-electron chi connectivity index (χ2n) is 3.45. The molecular formula is C10H10N2O4S. The molecule has 0 radical (unpaired) electrons. The van der Waals surface area contributed by atoms with Crippen LogP contribution >= 0.6 is 11.3 Å². The fourth-order valence-electron chi connectivity index (χ4n) is 1.54. The highest BCUT2D eigenvalue weighted by Gasteiger charge is 2.29. The number of hydrogen-bond donors (Lipinski definition) is 1. The fourth-order valence-corrected chi connectivity index (χ4v) is 2.36. The number of ether oxygens (including phenoxy) is 1. The Kier molecular flexibility index (Phi) is 3.10. The van der Waals surface area contributed by atoms with Crippen LogP contribution in [0.2, 0.25) is 0 Å². The summed E-state index contributed by atoms with van der Waals surface area (Å²) in [6, 6.07) is 1.67. The fraction of sp³-hybridized carbons (Fsp3) is 0.300. The van der Waals surface area contributed by atoms with E-state index in [9.17, 15) is 14.4 Å². The number of rotatable bonds is 2. The van der Waals surface area contributed by atoms with E-state index in [-0.39, 0.29) is 19.0 Å². The van der Waals surface area contributed by atoms with Crippen molar-refractivity contribution >= 4 is 29.1 Å². The maximum absolute atomic E-state index is 12.1. The van der Waals surface area contributed by atoms with Gasteiger partial charge in [-0.2, -0.15) is 0 Å². The average Bonchev–Trinajstić information content (AvgIpc) is 2.74. The summed E-state index contributed by atoms with van der Waals surface area (Å²) in [7, 11) is 1.47. The summed E-state index contributed by atoms with van der Waals surface area (Å²) >= 11 is 1.22. The third-order valence-corrected chi connectivity index (χ3v) is 3.16. The Balaban J connectivity index is 2.20. The molecule has 0 aliphatic carbocycles. The second-order valence-corrected chi connectivity index (χ2v) is 4.37. The summed E-state index contributed by atoms with van der Waals surface area (Å²) in [6.07, 6.45) is 0. The summed E-state index contributed by atoms with van der Waals surface area (Å²) in [6.45, 7) is -0.211. The van der Waals surface area contributed by atoms with Crippen molar-refractivity contribution in [3.05, 3.63) is 16.3 Å². The minimum absolute atomic E-state index is 0.106. The minimum Gasteiger partial charge on any atom is -0.495 e. The van der Waals surface area contributed by atoms with E-state index in [1.807, 2.05) is 0 Å². The molecule has 0 atom stereocenters. The molecule has 1 aliphatic rings. The minimum atomic E-state index is -0.467. The lowest BCUT2D eigenvalue weighted by Gasteiger charge is -2.25.